The summed E-state index contributed by atoms with van der Waals surface area (Å²) in [5.41, 5.74) is 5.62. The summed E-state index contributed by atoms with van der Waals surface area (Å²) in [5, 5.41) is 0. The lowest BCUT2D eigenvalue weighted by Gasteiger charge is -2.16. The van der Waals surface area contributed by atoms with Gasteiger partial charge in [-0.2, -0.15) is 0 Å². The summed E-state index contributed by atoms with van der Waals surface area (Å²) in [6.45, 7) is 2.73. The second-order valence-corrected chi connectivity index (χ2v) is 2.85. The molecule has 2 unspecified atom stereocenters. The molecule has 0 aliphatic rings. The van der Waals surface area contributed by atoms with Gasteiger partial charge in [-0.05, 0) is 19.8 Å². The summed E-state index contributed by atoms with van der Waals surface area (Å²) in [6, 6.07) is 0.205. The van der Waals surface area contributed by atoms with E-state index in [0.717, 1.165) is 19.4 Å². The Balaban J connectivity index is 3.41. The Hall–Kier alpha value is -0.120. The largest absolute Gasteiger partial charge is 0.385 e. The number of hydrogen-bond acceptors (Lipinski definition) is 3. The van der Waals surface area contributed by atoms with Gasteiger partial charge in [0.25, 0.3) is 0 Å². The van der Waals surface area contributed by atoms with Crippen molar-refractivity contribution in [3.8, 4) is 0 Å². The maximum Gasteiger partial charge on any atom is 0.0607 e. The van der Waals surface area contributed by atoms with Crippen molar-refractivity contribution < 1.29 is 9.47 Å². The smallest absolute Gasteiger partial charge is 0.0607 e. The van der Waals surface area contributed by atoms with E-state index in [0.29, 0.717) is 0 Å². The van der Waals surface area contributed by atoms with E-state index < -0.39 is 0 Å². The Kier molecular flexibility index (Phi) is 6.51. The van der Waals surface area contributed by atoms with Crippen LogP contribution < -0.4 is 5.73 Å². The molecule has 3 nitrogen and oxygen atoms in total. The van der Waals surface area contributed by atoms with Gasteiger partial charge in [0.2, 0.25) is 0 Å². The van der Waals surface area contributed by atoms with Gasteiger partial charge >= 0.3 is 0 Å². The molecule has 0 aliphatic carbocycles. The van der Waals surface area contributed by atoms with Crippen molar-refractivity contribution in [3.05, 3.63) is 0 Å². The molecule has 0 saturated heterocycles. The van der Waals surface area contributed by atoms with Crippen LogP contribution in [0.4, 0.5) is 0 Å². The molecule has 0 fully saturated rings. The zero-order valence-corrected chi connectivity index (χ0v) is 7.67. The van der Waals surface area contributed by atoms with Crippen molar-refractivity contribution in [1.82, 2.24) is 0 Å². The average Bonchev–Trinajstić information content (AvgIpc) is 1.97. The van der Waals surface area contributed by atoms with Crippen molar-refractivity contribution in [3.63, 3.8) is 0 Å². The predicted molar refractivity (Wildman–Crippen MR) is 45.6 cm³/mol. The molecule has 11 heavy (non-hydrogen) atoms. The van der Waals surface area contributed by atoms with E-state index in [4.69, 9.17) is 15.2 Å². The van der Waals surface area contributed by atoms with Crippen molar-refractivity contribution in [2.75, 3.05) is 20.8 Å². The van der Waals surface area contributed by atoms with Crippen LogP contribution in [0, 0.1) is 0 Å². The molecular weight excluding hydrogens is 142 g/mol. The first-order chi connectivity index (χ1) is 5.20. The van der Waals surface area contributed by atoms with E-state index in [2.05, 4.69) is 0 Å². The first kappa shape index (κ1) is 10.9. The Morgan fingerprint density at radius 1 is 1.36 bits per heavy atom. The van der Waals surface area contributed by atoms with E-state index >= 15 is 0 Å². The van der Waals surface area contributed by atoms with E-state index in [1.54, 1.807) is 14.2 Å². The van der Waals surface area contributed by atoms with E-state index in [1.165, 1.54) is 0 Å². The monoisotopic (exact) mass is 161 g/mol. The maximum absolute atomic E-state index is 5.62. The first-order valence-electron chi connectivity index (χ1n) is 3.98. The van der Waals surface area contributed by atoms with Gasteiger partial charge in [0.05, 0.1) is 6.10 Å². The summed E-state index contributed by atoms with van der Waals surface area (Å²) in [6.07, 6.45) is 2.07. The number of rotatable bonds is 6. The molecule has 0 saturated carbocycles. The lowest BCUT2D eigenvalue weighted by Crippen LogP contribution is -2.25. The minimum Gasteiger partial charge on any atom is -0.385 e. The van der Waals surface area contributed by atoms with Gasteiger partial charge < -0.3 is 15.2 Å². The highest BCUT2D eigenvalue weighted by atomic mass is 16.5. The van der Waals surface area contributed by atoms with Crippen molar-refractivity contribution >= 4 is 0 Å². The van der Waals surface area contributed by atoms with Gasteiger partial charge in [-0.25, -0.2) is 0 Å². The zero-order valence-electron chi connectivity index (χ0n) is 7.67. The highest BCUT2D eigenvalue weighted by Crippen LogP contribution is 2.04. The normalized spacial score (nSPS) is 16.4. The molecule has 0 radical (unpaired) electrons. The number of ether oxygens (including phenoxy) is 2. The maximum atomic E-state index is 5.62. The molecule has 2 atom stereocenters. The number of nitrogens with two attached hydrogens (primary N) is 1. The Morgan fingerprint density at radius 2 is 2.00 bits per heavy atom. The summed E-state index contributed by atoms with van der Waals surface area (Å²) < 4.78 is 10.1. The second-order valence-electron chi connectivity index (χ2n) is 2.85. The van der Waals surface area contributed by atoms with Gasteiger partial charge in [0, 0.05) is 26.9 Å². The van der Waals surface area contributed by atoms with E-state index in [9.17, 15) is 0 Å². The van der Waals surface area contributed by atoms with Crippen molar-refractivity contribution in [2.45, 2.75) is 31.9 Å². The zero-order chi connectivity index (χ0) is 8.69. The third-order valence-electron chi connectivity index (χ3n) is 1.61. The summed E-state index contributed by atoms with van der Waals surface area (Å²) in [5.74, 6) is 0. The molecular formula is C8H19NO2. The van der Waals surface area contributed by atoms with E-state index in [-0.39, 0.29) is 12.1 Å². The fourth-order valence-electron chi connectivity index (χ4n) is 0.996. The minimum atomic E-state index is 0.205. The molecule has 3 heteroatoms. The molecule has 0 rings (SSSR count). The summed E-state index contributed by atoms with van der Waals surface area (Å²) in [4.78, 5) is 0. The first-order valence-corrected chi connectivity index (χ1v) is 3.98. The van der Waals surface area contributed by atoms with Gasteiger partial charge in [0.15, 0.2) is 0 Å². The second kappa shape index (κ2) is 6.58. The molecule has 0 aliphatic heterocycles. The van der Waals surface area contributed by atoms with Gasteiger partial charge in [-0.3, -0.25) is 0 Å². The van der Waals surface area contributed by atoms with Gasteiger partial charge in [-0.1, -0.05) is 0 Å². The fraction of sp³-hybridized carbons (Fsp3) is 1.00. The molecule has 0 aromatic heterocycles. The van der Waals surface area contributed by atoms with Crippen LogP contribution in [0.15, 0.2) is 0 Å². The molecule has 0 aromatic carbocycles. The average molecular weight is 161 g/mol. The third kappa shape index (κ3) is 6.28. The molecule has 0 aromatic rings. The third-order valence-corrected chi connectivity index (χ3v) is 1.61. The van der Waals surface area contributed by atoms with Crippen LogP contribution >= 0.6 is 0 Å². The van der Waals surface area contributed by atoms with Crippen LogP contribution in [0.5, 0.6) is 0 Å². The van der Waals surface area contributed by atoms with Crippen LogP contribution in [-0.4, -0.2) is 33.0 Å². The van der Waals surface area contributed by atoms with E-state index in [1.807, 2.05) is 6.92 Å². The quantitative estimate of drug-likeness (QED) is 0.626. The predicted octanol–water partition coefficient (Wildman–Crippen LogP) is 0.775. The van der Waals surface area contributed by atoms with Gasteiger partial charge in [-0.15, -0.1) is 0 Å². The molecule has 0 heterocycles. The Bertz CT molecular complexity index is 86.2. The molecule has 0 amide bonds. The van der Waals surface area contributed by atoms with Crippen LogP contribution in [0.2, 0.25) is 0 Å². The van der Waals surface area contributed by atoms with Crippen molar-refractivity contribution in [1.29, 1.82) is 0 Å². The summed E-state index contributed by atoms with van der Waals surface area (Å²) in [7, 11) is 3.40. The topological polar surface area (TPSA) is 44.5 Å². The molecule has 0 bridgehead atoms. The van der Waals surface area contributed by atoms with Crippen LogP contribution in [0.25, 0.3) is 0 Å². The van der Waals surface area contributed by atoms with Crippen LogP contribution in [-0.2, 0) is 9.47 Å². The SMILES string of the molecule is COCCC(CC(C)N)OC. The Morgan fingerprint density at radius 3 is 2.36 bits per heavy atom. The molecule has 68 valence electrons. The van der Waals surface area contributed by atoms with Crippen LogP contribution in [0.3, 0.4) is 0 Å². The van der Waals surface area contributed by atoms with Gasteiger partial charge in [0.1, 0.15) is 0 Å². The van der Waals surface area contributed by atoms with Crippen molar-refractivity contribution in [2.24, 2.45) is 5.73 Å². The Labute approximate surface area is 68.9 Å². The lowest BCUT2D eigenvalue weighted by atomic mass is 10.1. The standard InChI is InChI=1S/C8H19NO2/c1-7(9)6-8(11-3)4-5-10-2/h7-8H,4-6,9H2,1-3H3. The highest BCUT2D eigenvalue weighted by molar-refractivity contribution is 4.63. The minimum absolute atomic E-state index is 0.205. The lowest BCUT2D eigenvalue weighted by molar-refractivity contribution is 0.0574. The highest BCUT2D eigenvalue weighted by Gasteiger charge is 2.08. The summed E-state index contributed by atoms with van der Waals surface area (Å²) >= 11 is 0. The van der Waals surface area contributed by atoms with Crippen LogP contribution in [0.1, 0.15) is 19.8 Å². The fourth-order valence-corrected chi connectivity index (χ4v) is 0.996. The molecule has 0 spiro atoms. The molecule has 2 N–H and O–H groups in total. The number of methoxy groups -OCH3 is 2. The number of hydrogen-bond donors (Lipinski definition) is 1.